The Labute approximate surface area is 148 Å². The van der Waals surface area contributed by atoms with Crippen LogP contribution in [-0.4, -0.2) is 37.0 Å². The molecule has 126 valence electrons. The second kappa shape index (κ2) is 6.60. The van der Waals surface area contributed by atoms with E-state index < -0.39 is 0 Å². The van der Waals surface area contributed by atoms with Gasteiger partial charge in [0.15, 0.2) is 0 Å². The van der Waals surface area contributed by atoms with E-state index in [1.807, 2.05) is 35.2 Å². The number of rotatable bonds is 2. The number of amides is 1. The standard InChI is InChI=1S/C22H22N2O/c1-17-6-4-9-19(16-17)23-12-14-24(15-13-23)22(25)21-11-5-8-18-7-2-3-10-20(18)21/h2-11,16H,12-15H2,1H3. The SMILES string of the molecule is Cc1cccc(N2CCN(C(=O)c3cccc4ccccc34)CC2)c1. The first-order valence-corrected chi connectivity index (χ1v) is 8.81. The first-order chi connectivity index (χ1) is 12.2. The Morgan fingerprint density at radius 3 is 2.36 bits per heavy atom. The molecule has 1 fully saturated rings. The molecular formula is C22H22N2O. The molecule has 3 aromatic carbocycles. The van der Waals surface area contributed by atoms with Gasteiger partial charge in [-0.25, -0.2) is 0 Å². The fourth-order valence-corrected chi connectivity index (χ4v) is 3.57. The van der Waals surface area contributed by atoms with E-state index >= 15 is 0 Å². The largest absolute Gasteiger partial charge is 0.368 e. The monoisotopic (exact) mass is 330 g/mol. The van der Waals surface area contributed by atoms with Crippen LogP contribution in [0.4, 0.5) is 5.69 Å². The summed E-state index contributed by atoms with van der Waals surface area (Å²) in [6.07, 6.45) is 0. The van der Waals surface area contributed by atoms with Gasteiger partial charge in [0.25, 0.3) is 5.91 Å². The van der Waals surface area contributed by atoms with Crippen LogP contribution in [-0.2, 0) is 0 Å². The normalized spacial score (nSPS) is 14.8. The molecule has 0 spiro atoms. The number of nitrogens with zero attached hydrogens (tertiary/aromatic N) is 2. The minimum absolute atomic E-state index is 0.140. The number of fused-ring (bicyclic) bond motifs is 1. The van der Waals surface area contributed by atoms with Crippen LogP contribution in [0.15, 0.2) is 66.7 Å². The van der Waals surface area contributed by atoms with Gasteiger partial charge in [-0.05, 0) is 41.5 Å². The summed E-state index contributed by atoms with van der Waals surface area (Å²) >= 11 is 0. The van der Waals surface area contributed by atoms with E-state index in [9.17, 15) is 4.79 Å². The van der Waals surface area contributed by atoms with Crippen LogP contribution in [0.2, 0.25) is 0 Å². The van der Waals surface area contributed by atoms with Gasteiger partial charge in [0.05, 0.1) is 0 Å². The van der Waals surface area contributed by atoms with Gasteiger partial charge >= 0.3 is 0 Å². The number of anilines is 1. The zero-order valence-electron chi connectivity index (χ0n) is 14.5. The summed E-state index contributed by atoms with van der Waals surface area (Å²) in [5, 5.41) is 2.16. The zero-order chi connectivity index (χ0) is 17.2. The van der Waals surface area contributed by atoms with Crippen molar-refractivity contribution in [1.82, 2.24) is 4.90 Å². The summed E-state index contributed by atoms with van der Waals surface area (Å²) in [4.78, 5) is 17.4. The van der Waals surface area contributed by atoms with Crippen molar-refractivity contribution in [2.45, 2.75) is 6.92 Å². The maximum absolute atomic E-state index is 13.0. The molecule has 3 nitrogen and oxygen atoms in total. The van der Waals surface area contributed by atoms with E-state index in [2.05, 4.69) is 48.2 Å². The maximum atomic E-state index is 13.0. The van der Waals surface area contributed by atoms with E-state index in [1.54, 1.807) is 0 Å². The molecule has 1 aliphatic rings. The minimum atomic E-state index is 0.140. The molecule has 0 unspecified atom stereocenters. The molecule has 3 aromatic rings. The van der Waals surface area contributed by atoms with Crippen LogP contribution in [0.3, 0.4) is 0 Å². The van der Waals surface area contributed by atoms with Crippen LogP contribution in [0.25, 0.3) is 10.8 Å². The molecule has 3 heteroatoms. The average molecular weight is 330 g/mol. The summed E-state index contributed by atoms with van der Waals surface area (Å²) in [6.45, 7) is 5.38. The van der Waals surface area contributed by atoms with Crippen molar-refractivity contribution < 1.29 is 4.79 Å². The molecular weight excluding hydrogens is 308 g/mol. The van der Waals surface area contributed by atoms with Crippen molar-refractivity contribution in [1.29, 1.82) is 0 Å². The topological polar surface area (TPSA) is 23.6 Å². The van der Waals surface area contributed by atoms with E-state index in [-0.39, 0.29) is 5.91 Å². The van der Waals surface area contributed by atoms with E-state index in [4.69, 9.17) is 0 Å². The lowest BCUT2D eigenvalue weighted by molar-refractivity contribution is 0.0749. The number of benzene rings is 3. The maximum Gasteiger partial charge on any atom is 0.254 e. The molecule has 0 atom stereocenters. The smallest absolute Gasteiger partial charge is 0.254 e. The van der Waals surface area contributed by atoms with Gasteiger partial charge in [-0.15, -0.1) is 0 Å². The highest BCUT2D eigenvalue weighted by atomic mass is 16.2. The molecule has 1 amide bonds. The first kappa shape index (κ1) is 15.7. The zero-order valence-corrected chi connectivity index (χ0v) is 14.5. The first-order valence-electron chi connectivity index (χ1n) is 8.81. The Balaban J connectivity index is 1.51. The minimum Gasteiger partial charge on any atom is -0.368 e. The van der Waals surface area contributed by atoms with Gasteiger partial charge in [0.1, 0.15) is 0 Å². The molecule has 0 saturated carbocycles. The van der Waals surface area contributed by atoms with Gasteiger partial charge in [0.2, 0.25) is 0 Å². The highest BCUT2D eigenvalue weighted by molar-refractivity contribution is 6.07. The Morgan fingerprint density at radius 1 is 0.840 bits per heavy atom. The second-order valence-electron chi connectivity index (χ2n) is 6.64. The summed E-state index contributed by atoms with van der Waals surface area (Å²) in [7, 11) is 0. The molecule has 0 N–H and O–H groups in total. The Kier molecular flexibility index (Phi) is 4.14. The number of piperazine rings is 1. The molecule has 1 saturated heterocycles. The fraction of sp³-hybridized carbons (Fsp3) is 0.227. The van der Waals surface area contributed by atoms with Crippen LogP contribution >= 0.6 is 0 Å². The average Bonchev–Trinajstić information content (AvgIpc) is 2.67. The number of hydrogen-bond acceptors (Lipinski definition) is 2. The third-order valence-electron chi connectivity index (χ3n) is 4.95. The van der Waals surface area contributed by atoms with Crippen LogP contribution in [0.1, 0.15) is 15.9 Å². The summed E-state index contributed by atoms with van der Waals surface area (Å²) in [5.41, 5.74) is 3.33. The van der Waals surface area contributed by atoms with Crippen molar-refractivity contribution in [2.75, 3.05) is 31.1 Å². The number of hydrogen-bond donors (Lipinski definition) is 0. The van der Waals surface area contributed by atoms with Crippen LogP contribution in [0, 0.1) is 6.92 Å². The molecule has 4 rings (SSSR count). The van der Waals surface area contributed by atoms with Crippen molar-refractivity contribution in [3.63, 3.8) is 0 Å². The molecule has 0 aliphatic carbocycles. The van der Waals surface area contributed by atoms with Crippen molar-refractivity contribution in [2.24, 2.45) is 0 Å². The Bertz CT molecular complexity index is 905. The lowest BCUT2D eigenvalue weighted by Gasteiger charge is -2.36. The molecule has 1 heterocycles. The van der Waals surface area contributed by atoms with Gasteiger partial charge in [-0.2, -0.15) is 0 Å². The highest BCUT2D eigenvalue weighted by Gasteiger charge is 2.23. The lowest BCUT2D eigenvalue weighted by atomic mass is 10.0. The second-order valence-corrected chi connectivity index (χ2v) is 6.64. The van der Waals surface area contributed by atoms with Gasteiger partial charge in [-0.1, -0.05) is 48.5 Å². The number of carbonyl (C=O) groups excluding carboxylic acids is 1. The summed E-state index contributed by atoms with van der Waals surface area (Å²) < 4.78 is 0. The fourth-order valence-electron chi connectivity index (χ4n) is 3.57. The van der Waals surface area contributed by atoms with Crippen molar-refractivity contribution in [3.8, 4) is 0 Å². The Morgan fingerprint density at radius 2 is 1.56 bits per heavy atom. The van der Waals surface area contributed by atoms with Gasteiger partial charge < -0.3 is 9.80 Å². The quantitative estimate of drug-likeness (QED) is 0.706. The molecule has 0 bridgehead atoms. The third kappa shape index (κ3) is 3.10. The molecule has 25 heavy (non-hydrogen) atoms. The highest BCUT2D eigenvalue weighted by Crippen LogP contribution is 2.22. The number of aryl methyl sites for hydroxylation is 1. The van der Waals surface area contributed by atoms with E-state index in [0.717, 1.165) is 42.5 Å². The number of carbonyl (C=O) groups is 1. The predicted octanol–water partition coefficient (Wildman–Crippen LogP) is 4.11. The van der Waals surface area contributed by atoms with E-state index in [0.29, 0.717) is 0 Å². The van der Waals surface area contributed by atoms with Crippen molar-refractivity contribution >= 4 is 22.4 Å². The van der Waals surface area contributed by atoms with Gasteiger partial charge in [-0.3, -0.25) is 4.79 Å². The van der Waals surface area contributed by atoms with Crippen LogP contribution in [0.5, 0.6) is 0 Å². The molecule has 1 aliphatic heterocycles. The summed E-state index contributed by atoms with van der Waals surface area (Å²) in [5.74, 6) is 0.140. The molecule has 0 radical (unpaired) electrons. The van der Waals surface area contributed by atoms with Crippen LogP contribution < -0.4 is 4.90 Å². The van der Waals surface area contributed by atoms with Gasteiger partial charge in [0, 0.05) is 37.4 Å². The Hall–Kier alpha value is -2.81. The lowest BCUT2D eigenvalue weighted by Crippen LogP contribution is -2.48. The predicted molar refractivity (Wildman–Crippen MR) is 103 cm³/mol. The van der Waals surface area contributed by atoms with Crippen molar-refractivity contribution in [3.05, 3.63) is 77.9 Å². The molecule has 0 aromatic heterocycles. The third-order valence-corrected chi connectivity index (χ3v) is 4.95. The van der Waals surface area contributed by atoms with E-state index in [1.165, 1.54) is 11.3 Å². The summed E-state index contributed by atoms with van der Waals surface area (Å²) in [6, 6.07) is 22.6.